The first-order chi connectivity index (χ1) is 17.1. The van der Waals surface area contributed by atoms with E-state index in [1.165, 1.54) is 0 Å². The molecule has 1 unspecified atom stereocenters. The molecule has 2 fully saturated rings. The Morgan fingerprint density at radius 3 is 2.33 bits per heavy atom. The number of rotatable bonds is 5. The smallest absolute Gasteiger partial charge is 0.247 e. The second-order valence-electron chi connectivity index (χ2n) is 10.9. The van der Waals surface area contributed by atoms with Crippen LogP contribution in [0.15, 0.2) is 54.6 Å². The van der Waals surface area contributed by atoms with Crippen LogP contribution < -0.4 is 0 Å². The quantitative estimate of drug-likeness (QED) is 0.617. The van der Waals surface area contributed by atoms with Crippen LogP contribution in [-0.2, 0) is 20.9 Å². The first kappa shape index (κ1) is 25.1. The van der Waals surface area contributed by atoms with E-state index >= 15 is 0 Å². The lowest BCUT2D eigenvalue weighted by molar-refractivity contribution is -0.147. The van der Waals surface area contributed by atoms with E-state index in [2.05, 4.69) is 6.08 Å². The van der Waals surface area contributed by atoms with Gasteiger partial charge in [0, 0.05) is 30.4 Å². The number of carbonyl (C=O) groups is 3. The zero-order valence-corrected chi connectivity index (χ0v) is 22.1. The molecule has 5 rings (SSSR count). The molecular weight excluding hydrogens is 474 g/mol. The maximum atomic E-state index is 14.2. The minimum atomic E-state index is -0.879. The standard InChI is InChI=1S/C28H35N3O4S/c1-18(2)30-15-9-13-28-22(25(34)31(19(3)17-32)23(28)26(30)35)21-24(33)29(14-8-12-27(21,4)36-28)16-20-10-6-5-7-11-20/h5-13,18-19,21-23,32H,14-17H2,1-4H3/t19-,21+,22+,23?,27-,28+/m1/s1. The van der Waals surface area contributed by atoms with Gasteiger partial charge in [0.05, 0.1) is 29.2 Å². The highest BCUT2D eigenvalue weighted by atomic mass is 32.2. The number of benzene rings is 1. The average molecular weight is 510 g/mol. The fourth-order valence-electron chi connectivity index (χ4n) is 6.50. The number of aliphatic hydroxyl groups is 1. The zero-order valence-electron chi connectivity index (χ0n) is 21.3. The van der Waals surface area contributed by atoms with Gasteiger partial charge in [0.25, 0.3) is 0 Å². The van der Waals surface area contributed by atoms with Gasteiger partial charge in [-0.1, -0.05) is 54.6 Å². The molecule has 3 amide bonds. The van der Waals surface area contributed by atoms with Crippen LogP contribution in [0.1, 0.15) is 33.3 Å². The molecule has 4 aliphatic heterocycles. The van der Waals surface area contributed by atoms with E-state index < -0.39 is 33.4 Å². The van der Waals surface area contributed by atoms with Crippen LogP contribution in [0.3, 0.4) is 0 Å². The molecule has 0 aromatic heterocycles. The molecule has 2 saturated heterocycles. The van der Waals surface area contributed by atoms with E-state index in [9.17, 15) is 19.5 Å². The molecule has 1 aromatic rings. The van der Waals surface area contributed by atoms with E-state index in [1.807, 2.05) is 74.2 Å². The first-order valence-electron chi connectivity index (χ1n) is 12.8. The molecule has 0 bridgehead atoms. The molecule has 1 spiro atoms. The lowest BCUT2D eigenvalue weighted by Gasteiger charge is -2.39. The van der Waals surface area contributed by atoms with Crippen LogP contribution in [0, 0.1) is 11.8 Å². The summed E-state index contributed by atoms with van der Waals surface area (Å²) in [6.45, 7) is 8.90. The molecule has 4 aliphatic rings. The summed E-state index contributed by atoms with van der Waals surface area (Å²) in [5.41, 5.74) is 1.03. The lowest BCUT2D eigenvalue weighted by Crippen LogP contribution is -2.57. The summed E-state index contributed by atoms with van der Waals surface area (Å²) < 4.78 is -1.51. The Balaban J connectivity index is 1.61. The van der Waals surface area contributed by atoms with Gasteiger partial charge in [-0.2, -0.15) is 0 Å². The minimum absolute atomic E-state index is 0.0342. The summed E-state index contributed by atoms with van der Waals surface area (Å²) in [5, 5.41) is 10.1. The van der Waals surface area contributed by atoms with Gasteiger partial charge in [-0.3, -0.25) is 14.4 Å². The molecule has 8 heteroatoms. The van der Waals surface area contributed by atoms with Crippen molar-refractivity contribution in [1.82, 2.24) is 14.7 Å². The number of amides is 3. The topological polar surface area (TPSA) is 81.2 Å². The molecule has 1 N–H and O–H groups in total. The lowest BCUT2D eigenvalue weighted by atomic mass is 9.74. The van der Waals surface area contributed by atoms with Crippen LogP contribution in [0.25, 0.3) is 0 Å². The summed E-state index contributed by atoms with van der Waals surface area (Å²) in [6, 6.07) is 8.54. The van der Waals surface area contributed by atoms with Crippen LogP contribution in [0.2, 0.25) is 0 Å². The molecule has 0 saturated carbocycles. The summed E-state index contributed by atoms with van der Waals surface area (Å²) >= 11 is 1.58. The third-order valence-electron chi connectivity index (χ3n) is 8.19. The van der Waals surface area contributed by atoms with E-state index in [4.69, 9.17) is 0 Å². The van der Waals surface area contributed by atoms with Gasteiger partial charge in [0.15, 0.2) is 0 Å². The van der Waals surface area contributed by atoms with E-state index in [0.29, 0.717) is 19.6 Å². The summed E-state index contributed by atoms with van der Waals surface area (Å²) in [5.74, 6) is -1.69. The van der Waals surface area contributed by atoms with Gasteiger partial charge in [-0.15, -0.1) is 11.8 Å². The molecule has 0 radical (unpaired) electrons. The van der Waals surface area contributed by atoms with Crippen LogP contribution in [0.5, 0.6) is 0 Å². The van der Waals surface area contributed by atoms with Gasteiger partial charge in [-0.25, -0.2) is 0 Å². The number of carbonyl (C=O) groups excluding carboxylic acids is 3. The van der Waals surface area contributed by atoms with Crippen molar-refractivity contribution in [3.8, 4) is 0 Å². The van der Waals surface area contributed by atoms with Gasteiger partial charge < -0.3 is 19.8 Å². The maximum absolute atomic E-state index is 14.2. The third-order valence-corrected chi connectivity index (χ3v) is 9.98. The van der Waals surface area contributed by atoms with E-state index in [0.717, 1.165) is 5.56 Å². The third kappa shape index (κ3) is 3.64. The number of likely N-dealkylation sites (tertiary alicyclic amines) is 1. The fraction of sp³-hybridized carbons (Fsp3) is 0.536. The molecule has 1 aromatic carbocycles. The highest BCUT2D eigenvalue weighted by Gasteiger charge is 2.74. The van der Waals surface area contributed by atoms with Crippen molar-refractivity contribution in [2.45, 2.75) is 61.9 Å². The number of thioether (sulfide) groups is 1. The van der Waals surface area contributed by atoms with Gasteiger partial charge >= 0.3 is 0 Å². The monoisotopic (exact) mass is 509 g/mol. The van der Waals surface area contributed by atoms with Gasteiger partial charge in [0.2, 0.25) is 17.7 Å². The normalized spacial score (nSPS) is 34.6. The van der Waals surface area contributed by atoms with Crippen molar-refractivity contribution >= 4 is 29.5 Å². The Kier molecular flexibility index (Phi) is 6.32. The van der Waals surface area contributed by atoms with Crippen LogP contribution >= 0.6 is 11.8 Å². The number of aliphatic hydroxyl groups excluding tert-OH is 1. The van der Waals surface area contributed by atoms with Gasteiger partial charge in [0.1, 0.15) is 6.04 Å². The predicted molar refractivity (Wildman–Crippen MR) is 140 cm³/mol. The Bertz CT molecular complexity index is 1120. The number of fused-ring (bicyclic) bond motifs is 2. The Morgan fingerprint density at radius 1 is 0.972 bits per heavy atom. The highest BCUT2D eigenvalue weighted by molar-refractivity contribution is 8.02. The van der Waals surface area contributed by atoms with Crippen LogP contribution in [-0.4, -0.2) is 84.8 Å². The molecule has 192 valence electrons. The fourth-order valence-corrected chi connectivity index (χ4v) is 8.65. The van der Waals surface area contributed by atoms with E-state index in [-0.39, 0.29) is 30.4 Å². The number of hydrogen-bond donors (Lipinski definition) is 1. The summed E-state index contributed by atoms with van der Waals surface area (Å²) in [7, 11) is 0. The minimum Gasteiger partial charge on any atom is -0.394 e. The molecule has 7 nitrogen and oxygen atoms in total. The van der Waals surface area contributed by atoms with Crippen molar-refractivity contribution in [3.63, 3.8) is 0 Å². The van der Waals surface area contributed by atoms with Crippen molar-refractivity contribution in [2.75, 3.05) is 19.7 Å². The van der Waals surface area contributed by atoms with Crippen molar-refractivity contribution < 1.29 is 19.5 Å². The van der Waals surface area contributed by atoms with Gasteiger partial charge in [-0.05, 0) is 33.3 Å². The SMILES string of the molecule is CC(C)N1CC=C[C@]23S[C@]4(C)C=CCN(Cc5ccccc5)C(=O)[C@@H]4[C@H]2C(=O)N([C@H](C)CO)C3C1=O. The van der Waals surface area contributed by atoms with Crippen molar-refractivity contribution in [2.24, 2.45) is 11.8 Å². The summed E-state index contributed by atoms with van der Waals surface area (Å²) in [4.78, 5) is 47.6. The highest BCUT2D eigenvalue weighted by Crippen LogP contribution is 2.65. The first-order valence-corrected chi connectivity index (χ1v) is 13.6. The molecule has 6 atom stereocenters. The number of nitrogens with zero attached hydrogens (tertiary/aromatic N) is 3. The predicted octanol–water partition coefficient (Wildman–Crippen LogP) is 2.46. The largest absolute Gasteiger partial charge is 0.394 e. The van der Waals surface area contributed by atoms with Crippen molar-refractivity contribution in [3.05, 3.63) is 60.2 Å². The Labute approximate surface area is 217 Å². The second kappa shape index (κ2) is 9.06. The maximum Gasteiger partial charge on any atom is 0.247 e. The van der Waals surface area contributed by atoms with Crippen LogP contribution in [0.4, 0.5) is 0 Å². The average Bonchev–Trinajstić information content (AvgIpc) is 3.13. The van der Waals surface area contributed by atoms with Crippen molar-refractivity contribution in [1.29, 1.82) is 0 Å². The Morgan fingerprint density at radius 2 is 1.67 bits per heavy atom. The zero-order chi connectivity index (χ0) is 25.8. The molecule has 0 aliphatic carbocycles. The molecule has 4 heterocycles. The molecule has 36 heavy (non-hydrogen) atoms. The number of hydrogen-bond acceptors (Lipinski definition) is 5. The molecular formula is C28H35N3O4S. The van der Waals surface area contributed by atoms with E-state index in [1.54, 1.807) is 28.5 Å². The summed E-state index contributed by atoms with van der Waals surface area (Å²) in [6.07, 6.45) is 8.12. The second-order valence-corrected chi connectivity index (χ2v) is 12.7. The Hall–Kier alpha value is -2.58.